The molecular formula is C8H14O. The van der Waals surface area contributed by atoms with Crippen molar-refractivity contribution in [2.75, 3.05) is 0 Å². The van der Waals surface area contributed by atoms with Gasteiger partial charge in [0.25, 0.3) is 0 Å². The van der Waals surface area contributed by atoms with Crippen LogP contribution in [-0.4, -0.2) is 5.78 Å². The number of hydrogen-bond donors (Lipinski definition) is 0. The standard InChI is InChI=1S/C8H14O/c1-7(9)5-6-8(2,3)4/h5-6H,1-4H3. The van der Waals surface area contributed by atoms with Crippen molar-refractivity contribution >= 4 is 5.78 Å². The van der Waals surface area contributed by atoms with Crippen LogP contribution in [0.3, 0.4) is 0 Å². The molecule has 9 heavy (non-hydrogen) atoms. The average molecular weight is 126 g/mol. The molecular weight excluding hydrogens is 112 g/mol. The lowest BCUT2D eigenvalue weighted by atomic mass is 9.96. The summed E-state index contributed by atoms with van der Waals surface area (Å²) in [6.45, 7) is 7.74. The summed E-state index contributed by atoms with van der Waals surface area (Å²) in [5, 5.41) is 0. The van der Waals surface area contributed by atoms with Gasteiger partial charge in [-0.1, -0.05) is 26.8 Å². The number of carbonyl (C=O) groups excluding carboxylic acids is 1. The molecule has 0 aromatic rings. The zero-order valence-corrected chi connectivity index (χ0v) is 6.56. The molecule has 0 atom stereocenters. The Bertz CT molecular complexity index is 126. The molecule has 0 aliphatic rings. The van der Waals surface area contributed by atoms with Crippen LogP contribution in [0.5, 0.6) is 0 Å². The highest BCUT2D eigenvalue weighted by atomic mass is 16.1. The lowest BCUT2D eigenvalue weighted by molar-refractivity contribution is -0.112. The molecule has 0 rings (SSSR count). The van der Waals surface area contributed by atoms with Gasteiger partial charge in [0.05, 0.1) is 0 Å². The Hall–Kier alpha value is -0.590. The monoisotopic (exact) mass is 126 g/mol. The largest absolute Gasteiger partial charge is 0.295 e. The molecule has 0 aromatic carbocycles. The van der Waals surface area contributed by atoms with Crippen LogP contribution < -0.4 is 0 Å². The molecule has 0 radical (unpaired) electrons. The normalized spacial score (nSPS) is 12.4. The Labute approximate surface area is 56.8 Å². The van der Waals surface area contributed by atoms with Crippen molar-refractivity contribution in [3.05, 3.63) is 12.2 Å². The Balaban J connectivity index is 3.86. The molecule has 0 unspecified atom stereocenters. The summed E-state index contributed by atoms with van der Waals surface area (Å²) in [5.41, 5.74) is 0.131. The second kappa shape index (κ2) is 2.81. The molecule has 0 saturated carbocycles. The highest BCUT2D eigenvalue weighted by Gasteiger charge is 2.02. The van der Waals surface area contributed by atoms with Crippen LogP contribution in [0.25, 0.3) is 0 Å². The van der Waals surface area contributed by atoms with Crippen LogP contribution in [0, 0.1) is 5.41 Å². The number of rotatable bonds is 1. The van der Waals surface area contributed by atoms with Crippen LogP contribution in [0.15, 0.2) is 12.2 Å². The molecule has 0 amide bonds. The van der Waals surface area contributed by atoms with Crippen molar-refractivity contribution in [1.82, 2.24) is 0 Å². The third-order valence-corrected chi connectivity index (χ3v) is 0.818. The minimum atomic E-state index is 0.116. The van der Waals surface area contributed by atoms with E-state index < -0.39 is 0 Å². The van der Waals surface area contributed by atoms with E-state index in [0.29, 0.717) is 0 Å². The van der Waals surface area contributed by atoms with Crippen LogP contribution in [0.2, 0.25) is 0 Å². The Morgan fingerprint density at radius 3 is 1.89 bits per heavy atom. The van der Waals surface area contributed by atoms with Crippen molar-refractivity contribution in [2.45, 2.75) is 27.7 Å². The summed E-state index contributed by atoms with van der Waals surface area (Å²) in [6, 6.07) is 0. The molecule has 0 aromatic heterocycles. The fourth-order valence-corrected chi connectivity index (χ4v) is 0.367. The highest BCUT2D eigenvalue weighted by Crippen LogP contribution is 2.13. The maximum absolute atomic E-state index is 10.4. The van der Waals surface area contributed by atoms with Gasteiger partial charge in [-0.15, -0.1) is 0 Å². The van der Waals surface area contributed by atoms with Crippen LogP contribution in [-0.2, 0) is 4.79 Å². The fourth-order valence-electron chi connectivity index (χ4n) is 0.367. The second-order valence-electron chi connectivity index (χ2n) is 3.31. The lowest BCUT2D eigenvalue weighted by Crippen LogP contribution is -1.99. The maximum Gasteiger partial charge on any atom is 0.152 e. The molecule has 0 fully saturated rings. The highest BCUT2D eigenvalue weighted by molar-refractivity contribution is 5.87. The topological polar surface area (TPSA) is 17.1 Å². The van der Waals surface area contributed by atoms with Crippen molar-refractivity contribution < 1.29 is 4.79 Å². The van der Waals surface area contributed by atoms with Gasteiger partial charge in [-0.2, -0.15) is 0 Å². The van der Waals surface area contributed by atoms with E-state index in [1.165, 1.54) is 0 Å². The summed E-state index contributed by atoms with van der Waals surface area (Å²) in [6.07, 6.45) is 3.52. The van der Waals surface area contributed by atoms with E-state index in [1.54, 1.807) is 13.0 Å². The molecule has 0 saturated heterocycles. The summed E-state index contributed by atoms with van der Waals surface area (Å²) < 4.78 is 0. The first-order valence-electron chi connectivity index (χ1n) is 3.11. The fraction of sp³-hybridized carbons (Fsp3) is 0.625. The van der Waals surface area contributed by atoms with E-state index in [2.05, 4.69) is 20.8 Å². The summed E-state index contributed by atoms with van der Waals surface area (Å²) in [7, 11) is 0. The molecule has 0 aliphatic carbocycles. The Morgan fingerprint density at radius 2 is 1.78 bits per heavy atom. The van der Waals surface area contributed by atoms with Crippen LogP contribution in [0.4, 0.5) is 0 Å². The minimum absolute atomic E-state index is 0.116. The summed E-state index contributed by atoms with van der Waals surface area (Å²) in [5.74, 6) is 0.116. The van der Waals surface area contributed by atoms with Gasteiger partial charge >= 0.3 is 0 Å². The summed E-state index contributed by atoms with van der Waals surface area (Å²) >= 11 is 0. The minimum Gasteiger partial charge on any atom is -0.295 e. The first-order valence-corrected chi connectivity index (χ1v) is 3.11. The smallest absolute Gasteiger partial charge is 0.152 e. The predicted octanol–water partition coefficient (Wildman–Crippen LogP) is 2.18. The van der Waals surface area contributed by atoms with Gasteiger partial charge in [0.2, 0.25) is 0 Å². The van der Waals surface area contributed by atoms with Crippen molar-refractivity contribution in [1.29, 1.82) is 0 Å². The first kappa shape index (κ1) is 8.41. The Kier molecular flexibility index (Phi) is 2.63. The van der Waals surface area contributed by atoms with Crippen molar-refractivity contribution in [2.24, 2.45) is 5.41 Å². The zero-order valence-electron chi connectivity index (χ0n) is 6.56. The lowest BCUT2D eigenvalue weighted by Gasteiger charge is -2.09. The van der Waals surface area contributed by atoms with Crippen LogP contribution in [0.1, 0.15) is 27.7 Å². The van der Waals surface area contributed by atoms with E-state index in [4.69, 9.17) is 0 Å². The number of allylic oxidation sites excluding steroid dienone is 2. The quantitative estimate of drug-likeness (QED) is 0.492. The average Bonchev–Trinajstić information content (AvgIpc) is 1.59. The van der Waals surface area contributed by atoms with E-state index in [1.807, 2.05) is 6.08 Å². The predicted molar refractivity (Wildman–Crippen MR) is 39.3 cm³/mol. The van der Waals surface area contributed by atoms with Gasteiger partial charge in [0.15, 0.2) is 5.78 Å². The molecule has 1 heteroatoms. The van der Waals surface area contributed by atoms with E-state index in [9.17, 15) is 4.79 Å². The van der Waals surface area contributed by atoms with Gasteiger partial charge in [0.1, 0.15) is 0 Å². The zero-order chi connectivity index (χ0) is 7.49. The molecule has 0 N–H and O–H groups in total. The molecule has 0 aliphatic heterocycles. The Morgan fingerprint density at radius 1 is 1.33 bits per heavy atom. The SMILES string of the molecule is CC(=O)C=CC(C)(C)C. The van der Waals surface area contributed by atoms with E-state index in [-0.39, 0.29) is 11.2 Å². The number of hydrogen-bond acceptors (Lipinski definition) is 1. The van der Waals surface area contributed by atoms with E-state index >= 15 is 0 Å². The molecule has 0 bridgehead atoms. The molecule has 0 spiro atoms. The maximum atomic E-state index is 10.4. The second-order valence-corrected chi connectivity index (χ2v) is 3.31. The van der Waals surface area contributed by atoms with Gasteiger partial charge < -0.3 is 0 Å². The molecule has 1 nitrogen and oxygen atoms in total. The summed E-state index contributed by atoms with van der Waals surface area (Å²) in [4.78, 5) is 10.4. The number of ketones is 1. The van der Waals surface area contributed by atoms with Gasteiger partial charge in [0, 0.05) is 0 Å². The van der Waals surface area contributed by atoms with Crippen molar-refractivity contribution in [3.8, 4) is 0 Å². The number of carbonyl (C=O) groups is 1. The van der Waals surface area contributed by atoms with Crippen molar-refractivity contribution in [3.63, 3.8) is 0 Å². The van der Waals surface area contributed by atoms with Gasteiger partial charge in [-0.05, 0) is 18.4 Å². The molecule has 52 valence electrons. The molecule has 0 heterocycles. The third-order valence-electron chi connectivity index (χ3n) is 0.818. The van der Waals surface area contributed by atoms with Crippen LogP contribution >= 0.6 is 0 Å². The third kappa shape index (κ3) is 7.41. The van der Waals surface area contributed by atoms with Gasteiger partial charge in [-0.25, -0.2) is 0 Å². The first-order chi connectivity index (χ1) is 3.92. The van der Waals surface area contributed by atoms with E-state index in [0.717, 1.165) is 0 Å². The van der Waals surface area contributed by atoms with Gasteiger partial charge in [-0.3, -0.25) is 4.79 Å².